The van der Waals surface area contributed by atoms with Gasteiger partial charge in [0.05, 0.1) is 11.6 Å². The minimum absolute atomic E-state index is 0.115. The molecule has 192 valence electrons. The molecule has 1 atom stereocenters. The molecule has 1 unspecified atom stereocenters. The molecule has 1 aliphatic rings. The Kier molecular flexibility index (Phi) is 8.66. The zero-order valence-electron chi connectivity index (χ0n) is 21.3. The third kappa shape index (κ3) is 6.40. The van der Waals surface area contributed by atoms with Crippen LogP contribution in [0.2, 0.25) is 0 Å². The highest BCUT2D eigenvalue weighted by Gasteiger charge is 2.45. The van der Waals surface area contributed by atoms with Gasteiger partial charge in [0.25, 0.3) is 11.7 Å². The number of likely N-dealkylation sites (tertiary alicyclic amines) is 1. The number of rotatable bonds is 9. The van der Waals surface area contributed by atoms with E-state index in [4.69, 9.17) is 4.74 Å². The van der Waals surface area contributed by atoms with Gasteiger partial charge in [-0.2, -0.15) is 0 Å². The normalized spacial score (nSPS) is 17.0. The van der Waals surface area contributed by atoms with Crippen molar-refractivity contribution < 1.29 is 19.4 Å². The van der Waals surface area contributed by atoms with Crippen molar-refractivity contribution in [2.45, 2.75) is 26.0 Å². The summed E-state index contributed by atoms with van der Waals surface area (Å²) in [5, 5.41) is 11.3. The Morgan fingerprint density at radius 3 is 2.38 bits per heavy atom. The Hall–Kier alpha value is -3.17. The van der Waals surface area contributed by atoms with Gasteiger partial charge in [-0.15, -0.1) is 0 Å². The first-order valence-electron chi connectivity index (χ1n) is 12.2. The summed E-state index contributed by atoms with van der Waals surface area (Å²) in [4.78, 5) is 29.9. The fourth-order valence-electron chi connectivity index (χ4n) is 4.49. The Labute approximate surface area is 231 Å². The lowest BCUT2D eigenvalue weighted by Crippen LogP contribution is -2.32. The maximum atomic E-state index is 13.2. The number of Topliss-reactive ketones (excluding diaryl/α,β-unsaturated/α-hetero) is 1. The number of amides is 1. The molecule has 7 heteroatoms. The molecule has 0 spiro atoms. The standard InChI is InChI=1S/C30H31IN2O4/c1-20-6-4-7-21(18-20)19-37-25-14-10-23(11-15-25)28(34)26-27(22-8-12-24(31)13-9-22)33(30(36)29(26)35)17-5-16-32(2)3/h4,6-15,18,27,34H,5,16-17,19H2,1-3H3. The van der Waals surface area contributed by atoms with Gasteiger partial charge in [-0.3, -0.25) is 9.59 Å². The molecule has 37 heavy (non-hydrogen) atoms. The summed E-state index contributed by atoms with van der Waals surface area (Å²) in [5.41, 5.74) is 3.61. The topological polar surface area (TPSA) is 70.1 Å². The molecule has 3 aromatic rings. The molecule has 1 amide bonds. The van der Waals surface area contributed by atoms with Crippen LogP contribution in [0.25, 0.3) is 5.76 Å². The highest BCUT2D eigenvalue weighted by Crippen LogP contribution is 2.39. The van der Waals surface area contributed by atoms with Crippen molar-refractivity contribution in [1.82, 2.24) is 9.80 Å². The number of aryl methyl sites for hydroxylation is 1. The molecule has 0 saturated carbocycles. The lowest BCUT2D eigenvalue weighted by Gasteiger charge is -2.26. The fourth-order valence-corrected chi connectivity index (χ4v) is 4.85. The molecular formula is C30H31IN2O4. The van der Waals surface area contributed by atoms with E-state index in [0.717, 1.165) is 21.2 Å². The second-order valence-corrected chi connectivity index (χ2v) is 10.7. The van der Waals surface area contributed by atoms with Crippen molar-refractivity contribution in [3.8, 4) is 5.75 Å². The number of aliphatic hydroxyl groups excluding tert-OH is 1. The van der Waals surface area contributed by atoms with Gasteiger partial charge in [-0.25, -0.2) is 0 Å². The first-order valence-corrected chi connectivity index (χ1v) is 13.3. The Balaban J connectivity index is 1.62. The van der Waals surface area contributed by atoms with Gasteiger partial charge in [0, 0.05) is 15.7 Å². The second-order valence-electron chi connectivity index (χ2n) is 9.50. The van der Waals surface area contributed by atoms with Crippen molar-refractivity contribution in [3.63, 3.8) is 0 Å². The summed E-state index contributed by atoms with van der Waals surface area (Å²) in [6.45, 7) is 3.67. The smallest absolute Gasteiger partial charge is 0.295 e. The number of benzene rings is 3. The van der Waals surface area contributed by atoms with Crippen LogP contribution in [-0.4, -0.2) is 53.8 Å². The third-order valence-electron chi connectivity index (χ3n) is 6.35. The molecule has 1 heterocycles. The summed E-state index contributed by atoms with van der Waals surface area (Å²) in [6, 6.07) is 22.1. The summed E-state index contributed by atoms with van der Waals surface area (Å²) in [7, 11) is 3.94. The zero-order chi connectivity index (χ0) is 26.5. The average molecular weight is 610 g/mol. The molecule has 0 aromatic heterocycles. The number of nitrogens with zero attached hydrogens (tertiary/aromatic N) is 2. The van der Waals surface area contributed by atoms with E-state index >= 15 is 0 Å². The summed E-state index contributed by atoms with van der Waals surface area (Å²) >= 11 is 2.22. The van der Waals surface area contributed by atoms with E-state index in [1.54, 1.807) is 29.2 Å². The van der Waals surface area contributed by atoms with Gasteiger partial charge in [0.2, 0.25) is 0 Å². The maximum absolute atomic E-state index is 13.2. The largest absolute Gasteiger partial charge is 0.507 e. The van der Waals surface area contributed by atoms with Crippen LogP contribution in [0.5, 0.6) is 5.75 Å². The maximum Gasteiger partial charge on any atom is 0.295 e. The summed E-state index contributed by atoms with van der Waals surface area (Å²) in [5.74, 6) is -0.772. The lowest BCUT2D eigenvalue weighted by atomic mass is 9.95. The minimum Gasteiger partial charge on any atom is -0.507 e. The predicted molar refractivity (Wildman–Crippen MR) is 153 cm³/mol. The van der Waals surface area contributed by atoms with Gasteiger partial charge in [-0.1, -0.05) is 42.0 Å². The van der Waals surface area contributed by atoms with Gasteiger partial charge in [0.15, 0.2) is 0 Å². The number of carbonyl (C=O) groups is 2. The SMILES string of the molecule is Cc1cccc(COc2ccc(C(O)=C3C(=O)C(=O)N(CCCN(C)C)C3c3ccc(I)cc3)cc2)c1. The van der Waals surface area contributed by atoms with E-state index in [9.17, 15) is 14.7 Å². The van der Waals surface area contributed by atoms with Crippen molar-refractivity contribution in [3.05, 3.63) is 104 Å². The number of aliphatic hydroxyl groups is 1. The monoisotopic (exact) mass is 610 g/mol. The van der Waals surface area contributed by atoms with Gasteiger partial charge >= 0.3 is 0 Å². The minimum atomic E-state index is -0.661. The van der Waals surface area contributed by atoms with Gasteiger partial charge in [0.1, 0.15) is 18.1 Å². The quantitative estimate of drug-likeness (QED) is 0.149. The summed E-state index contributed by atoms with van der Waals surface area (Å²) in [6.07, 6.45) is 0.716. The molecule has 0 aliphatic carbocycles. The number of hydrogen-bond acceptors (Lipinski definition) is 5. The zero-order valence-corrected chi connectivity index (χ0v) is 23.4. The second kappa shape index (κ2) is 11.9. The van der Waals surface area contributed by atoms with E-state index in [1.807, 2.05) is 68.4 Å². The van der Waals surface area contributed by atoms with Crippen molar-refractivity contribution >= 4 is 40.0 Å². The molecule has 4 rings (SSSR count). The van der Waals surface area contributed by atoms with Crippen LogP contribution >= 0.6 is 22.6 Å². The van der Waals surface area contributed by atoms with E-state index in [1.165, 1.54) is 5.56 Å². The number of hydrogen-bond donors (Lipinski definition) is 1. The fraction of sp³-hybridized carbons (Fsp3) is 0.267. The molecule has 1 saturated heterocycles. The highest BCUT2D eigenvalue weighted by atomic mass is 127. The van der Waals surface area contributed by atoms with E-state index in [-0.39, 0.29) is 11.3 Å². The van der Waals surface area contributed by atoms with E-state index in [2.05, 4.69) is 28.7 Å². The molecule has 1 aliphatic heterocycles. The average Bonchev–Trinajstić information content (AvgIpc) is 3.13. The van der Waals surface area contributed by atoms with Crippen LogP contribution < -0.4 is 4.74 Å². The molecule has 3 aromatic carbocycles. The van der Waals surface area contributed by atoms with Crippen LogP contribution in [0, 0.1) is 10.5 Å². The Bertz CT molecular complexity index is 1300. The highest BCUT2D eigenvalue weighted by molar-refractivity contribution is 14.1. The van der Waals surface area contributed by atoms with Crippen molar-refractivity contribution in [2.24, 2.45) is 0 Å². The van der Waals surface area contributed by atoms with E-state index in [0.29, 0.717) is 30.9 Å². The third-order valence-corrected chi connectivity index (χ3v) is 7.06. The number of ketones is 1. The molecular weight excluding hydrogens is 579 g/mol. The van der Waals surface area contributed by atoms with Crippen LogP contribution in [0.1, 0.15) is 34.7 Å². The number of carbonyl (C=O) groups excluding carboxylic acids is 2. The van der Waals surface area contributed by atoms with Gasteiger partial charge in [-0.05, 0) is 104 Å². The van der Waals surface area contributed by atoms with Crippen LogP contribution in [-0.2, 0) is 16.2 Å². The van der Waals surface area contributed by atoms with Crippen LogP contribution in [0.4, 0.5) is 0 Å². The van der Waals surface area contributed by atoms with Crippen LogP contribution in [0.15, 0.2) is 78.4 Å². The molecule has 0 bridgehead atoms. The predicted octanol–water partition coefficient (Wildman–Crippen LogP) is 5.55. The van der Waals surface area contributed by atoms with Gasteiger partial charge < -0.3 is 19.6 Å². The van der Waals surface area contributed by atoms with Crippen molar-refractivity contribution in [2.75, 3.05) is 27.2 Å². The molecule has 6 nitrogen and oxygen atoms in total. The number of ether oxygens (including phenoxy) is 1. The Morgan fingerprint density at radius 2 is 1.73 bits per heavy atom. The first-order chi connectivity index (χ1) is 17.7. The summed E-state index contributed by atoms with van der Waals surface area (Å²) < 4.78 is 6.94. The van der Waals surface area contributed by atoms with Crippen molar-refractivity contribution in [1.29, 1.82) is 0 Å². The molecule has 1 fully saturated rings. The lowest BCUT2D eigenvalue weighted by molar-refractivity contribution is -0.139. The molecule has 0 radical (unpaired) electrons. The first kappa shape index (κ1) is 26.9. The van der Waals surface area contributed by atoms with Crippen LogP contribution in [0.3, 0.4) is 0 Å². The molecule has 1 N–H and O–H groups in total. The number of halogens is 1. The van der Waals surface area contributed by atoms with E-state index < -0.39 is 17.7 Å². The Morgan fingerprint density at radius 1 is 1.03 bits per heavy atom.